The van der Waals surface area contributed by atoms with Gasteiger partial charge in [-0.15, -0.1) is 0 Å². The highest BCUT2D eigenvalue weighted by molar-refractivity contribution is 5.69. The van der Waals surface area contributed by atoms with Crippen molar-refractivity contribution in [1.29, 1.82) is 0 Å². The molecule has 1 aromatic heterocycles. The summed E-state index contributed by atoms with van der Waals surface area (Å²) in [4.78, 5) is 21.0. The largest absolute Gasteiger partial charge is 0.490 e. The van der Waals surface area contributed by atoms with Crippen LogP contribution in [0.1, 0.15) is 90.5 Å². The first-order valence-corrected chi connectivity index (χ1v) is 14.4. The average molecular weight is 517 g/mol. The average Bonchev–Trinajstić information content (AvgIpc) is 2.95. The van der Waals surface area contributed by atoms with Crippen LogP contribution in [-0.4, -0.2) is 28.6 Å². The summed E-state index contributed by atoms with van der Waals surface area (Å²) in [7, 11) is 0. The lowest BCUT2D eigenvalue weighted by molar-refractivity contribution is -0.149. The maximum Gasteiger partial charge on any atom is 0.306 e. The molecule has 5 heteroatoms. The molecule has 1 atom stereocenters. The molecule has 1 heterocycles. The summed E-state index contributed by atoms with van der Waals surface area (Å²) in [5.41, 5.74) is 4.39. The molecule has 0 bridgehead atoms. The second kappa shape index (κ2) is 16.6. The Bertz CT molecular complexity index is 1060. The fourth-order valence-electron chi connectivity index (χ4n) is 4.33. The molecule has 0 N–H and O–H groups in total. The number of aromatic nitrogens is 2. The second-order valence-electron chi connectivity index (χ2n) is 10.1. The first-order valence-electron chi connectivity index (χ1n) is 14.4. The molecule has 0 radical (unpaired) electrons. The fraction of sp³-hybridized carbons (Fsp3) is 0.485. The molecule has 3 aromatic rings. The summed E-state index contributed by atoms with van der Waals surface area (Å²) < 4.78 is 11.2. The summed E-state index contributed by atoms with van der Waals surface area (Å²) in [6.07, 6.45) is 16.2. The molecule has 0 aliphatic heterocycles. The molecule has 2 aromatic carbocycles. The highest BCUT2D eigenvalue weighted by Crippen LogP contribution is 2.24. The molecular formula is C33H44N2O3. The molecule has 5 nitrogen and oxygen atoms in total. The lowest BCUT2D eigenvalue weighted by Gasteiger charge is -2.14. The van der Waals surface area contributed by atoms with Gasteiger partial charge >= 0.3 is 5.97 Å². The Kier molecular flexibility index (Phi) is 12.8. The van der Waals surface area contributed by atoms with Gasteiger partial charge in [-0.3, -0.25) is 4.79 Å². The standard InChI is InChI=1S/C33H44N2O3/c1-4-6-8-9-10-11-12-13-27-15-17-29(18-16-27)33-34-23-30(24-35-33)28-19-21-31(22-20-28)37-25-26(3)38-32(36)14-7-5-2/h15-24,26H,4-14,25H2,1-3H3. The van der Waals surface area contributed by atoms with Gasteiger partial charge in [0.25, 0.3) is 0 Å². The zero-order valence-corrected chi connectivity index (χ0v) is 23.5. The van der Waals surface area contributed by atoms with Crippen molar-refractivity contribution < 1.29 is 14.3 Å². The minimum absolute atomic E-state index is 0.166. The lowest BCUT2D eigenvalue weighted by atomic mass is 10.0. The minimum Gasteiger partial charge on any atom is -0.490 e. The number of esters is 1. The Hall–Kier alpha value is -3.21. The maximum absolute atomic E-state index is 11.7. The topological polar surface area (TPSA) is 61.3 Å². The third-order valence-corrected chi connectivity index (χ3v) is 6.67. The number of rotatable bonds is 17. The molecule has 0 amide bonds. The van der Waals surface area contributed by atoms with Gasteiger partial charge in [-0.2, -0.15) is 0 Å². The first-order chi connectivity index (χ1) is 18.6. The molecule has 38 heavy (non-hydrogen) atoms. The molecule has 0 spiro atoms. The Morgan fingerprint density at radius 1 is 0.737 bits per heavy atom. The van der Waals surface area contributed by atoms with E-state index in [0.29, 0.717) is 13.0 Å². The normalized spacial score (nSPS) is 11.8. The van der Waals surface area contributed by atoms with Crippen LogP contribution in [0, 0.1) is 0 Å². The summed E-state index contributed by atoms with van der Waals surface area (Å²) in [6.45, 7) is 6.49. The Morgan fingerprint density at radius 3 is 2.00 bits per heavy atom. The fourth-order valence-corrected chi connectivity index (χ4v) is 4.33. The predicted octanol–water partition coefficient (Wildman–Crippen LogP) is 8.60. The molecule has 3 rings (SSSR count). The number of nitrogens with zero attached hydrogens (tertiary/aromatic N) is 2. The van der Waals surface area contributed by atoms with E-state index in [1.165, 1.54) is 50.5 Å². The number of unbranched alkanes of at least 4 members (excludes halogenated alkanes) is 7. The number of hydrogen-bond acceptors (Lipinski definition) is 5. The van der Waals surface area contributed by atoms with Gasteiger partial charge in [0.1, 0.15) is 18.5 Å². The number of ether oxygens (including phenoxy) is 2. The van der Waals surface area contributed by atoms with Crippen molar-refractivity contribution in [3.63, 3.8) is 0 Å². The van der Waals surface area contributed by atoms with Gasteiger partial charge in [0, 0.05) is 29.9 Å². The number of benzene rings is 2. The van der Waals surface area contributed by atoms with Crippen LogP contribution in [0.4, 0.5) is 0 Å². The van der Waals surface area contributed by atoms with Crippen molar-refractivity contribution >= 4 is 5.97 Å². The van der Waals surface area contributed by atoms with Crippen LogP contribution in [0.25, 0.3) is 22.5 Å². The van der Waals surface area contributed by atoms with Crippen molar-refractivity contribution in [1.82, 2.24) is 9.97 Å². The van der Waals surface area contributed by atoms with Crippen LogP contribution in [0.5, 0.6) is 5.75 Å². The Labute approximate surface area is 229 Å². The molecule has 204 valence electrons. The van der Waals surface area contributed by atoms with E-state index in [4.69, 9.17) is 9.47 Å². The molecule has 0 aliphatic rings. The molecule has 1 unspecified atom stereocenters. The minimum atomic E-state index is -0.283. The van der Waals surface area contributed by atoms with Crippen molar-refractivity contribution in [2.75, 3.05) is 6.61 Å². The van der Waals surface area contributed by atoms with Crippen LogP contribution in [0.15, 0.2) is 60.9 Å². The van der Waals surface area contributed by atoms with Gasteiger partial charge in [0.2, 0.25) is 0 Å². The summed E-state index contributed by atoms with van der Waals surface area (Å²) in [6, 6.07) is 16.5. The third-order valence-electron chi connectivity index (χ3n) is 6.67. The van der Waals surface area contributed by atoms with Gasteiger partial charge < -0.3 is 9.47 Å². The van der Waals surface area contributed by atoms with E-state index in [2.05, 4.69) is 48.1 Å². The van der Waals surface area contributed by atoms with E-state index in [9.17, 15) is 4.79 Å². The molecule has 0 saturated carbocycles. The zero-order chi connectivity index (χ0) is 27.0. The first kappa shape index (κ1) is 29.3. The van der Waals surface area contributed by atoms with Crippen molar-refractivity contribution in [3.05, 3.63) is 66.5 Å². The Morgan fingerprint density at radius 2 is 1.34 bits per heavy atom. The van der Waals surface area contributed by atoms with Crippen LogP contribution in [-0.2, 0) is 16.0 Å². The van der Waals surface area contributed by atoms with Gasteiger partial charge in [0.05, 0.1) is 0 Å². The molecule has 0 saturated heterocycles. The van der Waals surface area contributed by atoms with E-state index in [1.54, 1.807) is 0 Å². The quantitative estimate of drug-likeness (QED) is 0.133. The van der Waals surface area contributed by atoms with E-state index < -0.39 is 0 Å². The number of hydrogen-bond donors (Lipinski definition) is 0. The molecular weight excluding hydrogens is 472 g/mol. The number of carbonyl (C=O) groups is 1. The Balaban J connectivity index is 1.45. The smallest absolute Gasteiger partial charge is 0.306 e. The van der Waals surface area contributed by atoms with Crippen LogP contribution in [0.3, 0.4) is 0 Å². The molecule has 0 fully saturated rings. The SMILES string of the molecule is CCCCCCCCCc1ccc(-c2ncc(-c3ccc(OCC(C)OC(=O)CCCC)cc3)cn2)cc1. The van der Waals surface area contributed by atoms with Gasteiger partial charge in [-0.25, -0.2) is 9.97 Å². The van der Waals surface area contributed by atoms with E-state index in [1.807, 2.05) is 43.6 Å². The van der Waals surface area contributed by atoms with E-state index >= 15 is 0 Å². The summed E-state index contributed by atoms with van der Waals surface area (Å²) in [5.74, 6) is 1.30. The number of carbonyl (C=O) groups excluding carboxylic acids is 1. The highest BCUT2D eigenvalue weighted by atomic mass is 16.6. The van der Waals surface area contributed by atoms with Gasteiger partial charge in [-0.1, -0.05) is 95.2 Å². The van der Waals surface area contributed by atoms with E-state index in [-0.39, 0.29) is 12.1 Å². The van der Waals surface area contributed by atoms with E-state index in [0.717, 1.165) is 47.5 Å². The summed E-state index contributed by atoms with van der Waals surface area (Å²) >= 11 is 0. The van der Waals surface area contributed by atoms with Crippen LogP contribution < -0.4 is 4.74 Å². The van der Waals surface area contributed by atoms with Gasteiger partial charge in [0.15, 0.2) is 5.82 Å². The van der Waals surface area contributed by atoms with Crippen molar-refractivity contribution in [2.45, 2.75) is 97.5 Å². The van der Waals surface area contributed by atoms with Crippen molar-refractivity contribution in [3.8, 4) is 28.3 Å². The lowest BCUT2D eigenvalue weighted by Crippen LogP contribution is -2.21. The van der Waals surface area contributed by atoms with Gasteiger partial charge in [-0.05, 0) is 49.4 Å². The number of aryl methyl sites for hydroxylation is 1. The van der Waals surface area contributed by atoms with Crippen LogP contribution in [0.2, 0.25) is 0 Å². The van der Waals surface area contributed by atoms with Crippen LogP contribution >= 0.6 is 0 Å². The summed E-state index contributed by atoms with van der Waals surface area (Å²) in [5, 5.41) is 0. The second-order valence-corrected chi connectivity index (χ2v) is 10.1. The maximum atomic E-state index is 11.7. The van der Waals surface area contributed by atoms with Crippen molar-refractivity contribution in [2.24, 2.45) is 0 Å². The highest BCUT2D eigenvalue weighted by Gasteiger charge is 2.10. The molecule has 0 aliphatic carbocycles. The monoisotopic (exact) mass is 516 g/mol. The predicted molar refractivity (Wildman–Crippen MR) is 155 cm³/mol. The third kappa shape index (κ3) is 10.3. The zero-order valence-electron chi connectivity index (χ0n) is 23.5.